The lowest BCUT2D eigenvalue weighted by Crippen LogP contribution is -2.26. The van der Waals surface area contributed by atoms with E-state index in [1.54, 1.807) is 0 Å². The van der Waals surface area contributed by atoms with Crippen LogP contribution in [0.25, 0.3) is 54.6 Å². The summed E-state index contributed by atoms with van der Waals surface area (Å²) in [6, 6.07) is 78.4. The molecule has 13 rings (SSSR count). The minimum atomic E-state index is -0.571. The normalized spacial score (nSPS) is 12.9. The third kappa shape index (κ3) is 6.11. The second-order valence-electron chi connectivity index (χ2n) is 19.7. The van der Waals surface area contributed by atoms with Crippen LogP contribution < -0.4 is 9.80 Å². The molecule has 0 radical (unpaired) electrons. The summed E-state index contributed by atoms with van der Waals surface area (Å²) < 4.78 is 0. The monoisotopic (exact) mass is 884 g/mol. The van der Waals surface area contributed by atoms with Crippen molar-refractivity contribution in [1.29, 1.82) is 0 Å². The fraction of sp³-hybridized carbons (Fsp3) is 0.104. The van der Waals surface area contributed by atoms with Gasteiger partial charge in [-0.05, 0) is 225 Å². The van der Waals surface area contributed by atoms with Gasteiger partial charge in [-0.1, -0.05) is 133 Å². The van der Waals surface area contributed by atoms with Crippen LogP contribution in [0, 0.1) is 41.5 Å². The Morgan fingerprint density at radius 1 is 0.304 bits per heavy atom. The molecule has 0 unspecified atom stereocenters. The van der Waals surface area contributed by atoms with Gasteiger partial charge in [0.25, 0.3) is 0 Å². The SMILES string of the molecule is Cc1cc(C)cc(N(c2ccc3cc4c(cc3c2)C2(c3ccccc3-c3ccccc32)c2c-4c3ccccc3c3cc(N(c4cc(C)cc(C)c4)c4ccccc4C)ccc23)c2ccccc2C)c1. The quantitative estimate of drug-likeness (QED) is 0.154. The highest BCUT2D eigenvalue weighted by atomic mass is 15.1. The van der Waals surface area contributed by atoms with E-state index in [1.165, 1.54) is 133 Å². The van der Waals surface area contributed by atoms with Crippen molar-refractivity contribution >= 4 is 66.4 Å². The number of para-hydroxylation sites is 2. The topological polar surface area (TPSA) is 6.48 Å². The van der Waals surface area contributed by atoms with Gasteiger partial charge >= 0.3 is 0 Å². The molecule has 2 aliphatic rings. The van der Waals surface area contributed by atoms with Gasteiger partial charge in [0, 0.05) is 34.1 Å². The number of rotatable bonds is 6. The first-order chi connectivity index (χ1) is 33.7. The molecule has 11 aromatic carbocycles. The molecule has 69 heavy (non-hydrogen) atoms. The molecule has 2 nitrogen and oxygen atoms in total. The first-order valence-corrected chi connectivity index (χ1v) is 24.3. The van der Waals surface area contributed by atoms with Crippen LogP contribution >= 0.6 is 0 Å². The lowest BCUT2D eigenvalue weighted by atomic mass is 9.69. The van der Waals surface area contributed by atoms with Gasteiger partial charge in [0.2, 0.25) is 0 Å². The van der Waals surface area contributed by atoms with Crippen molar-refractivity contribution in [3.8, 4) is 22.3 Å². The number of aryl methyl sites for hydroxylation is 6. The molecule has 0 aliphatic heterocycles. The molecule has 330 valence electrons. The first-order valence-electron chi connectivity index (χ1n) is 24.3. The summed E-state index contributed by atoms with van der Waals surface area (Å²) in [5, 5.41) is 7.54. The lowest BCUT2D eigenvalue weighted by Gasteiger charge is -2.32. The van der Waals surface area contributed by atoms with Crippen LogP contribution in [0.2, 0.25) is 0 Å². The van der Waals surface area contributed by atoms with Gasteiger partial charge in [-0.25, -0.2) is 0 Å². The Hall–Kier alpha value is -8.20. The summed E-state index contributed by atoms with van der Waals surface area (Å²) in [6.45, 7) is 13.2. The lowest BCUT2D eigenvalue weighted by molar-refractivity contribution is 0.803. The van der Waals surface area contributed by atoms with Crippen molar-refractivity contribution in [2.24, 2.45) is 0 Å². The number of anilines is 6. The van der Waals surface area contributed by atoms with Crippen LogP contribution in [-0.4, -0.2) is 0 Å². The Morgan fingerprint density at radius 2 is 0.797 bits per heavy atom. The maximum Gasteiger partial charge on any atom is 0.0731 e. The first kappa shape index (κ1) is 41.0. The summed E-state index contributed by atoms with van der Waals surface area (Å²) in [4.78, 5) is 4.91. The molecule has 0 heterocycles. The molecule has 2 aliphatic carbocycles. The molecule has 11 aromatic rings. The van der Waals surface area contributed by atoms with Gasteiger partial charge in [-0.15, -0.1) is 0 Å². The molecule has 0 fully saturated rings. The highest BCUT2D eigenvalue weighted by Crippen LogP contribution is 2.66. The summed E-state index contributed by atoms with van der Waals surface area (Å²) in [5.74, 6) is 0. The Bertz CT molecular complexity index is 3860. The molecular weight excluding hydrogens is 833 g/mol. The van der Waals surface area contributed by atoms with E-state index in [2.05, 4.69) is 258 Å². The number of hydrogen-bond acceptors (Lipinski definition) is 2. The van der Waals surface area contributed by atoms with E-state index in [4.69, 9.17) is 0 Å². The molecule has 0 saturated heterocycles. The van der Waals surface area contributed by atoms with Crippen molar-refractivity contribution in [2.45, 2.75) is 47.0 Å². The summed E-state index contributed by atoms with van der Waals surface area (Å²) in [7, 11) is 0. The van der Waals surface area contributed by atoms with Crippen molar-refractivity contribution in [3.63, 3.8) is 0 Å². The zero-order valence-corrected chi connectivity index (χ0v) is 40.0. The van der Waals surface area contributed by atoms with Crippen LogP contribution in [-0.2, 0) is 5.41 Å². The molecule has 0 aromatic heterocycles. The predicted octanol–water partition coefficient (Wildman–Crippen LogP) is 18.3. The Kier molecular flexibility index (Phi) is 9.17. The van der Waals surface area contributed by atoms with Crippen molar-refractivity contribution in [1.82, 2.24) is 0 Å². The Labute approximate surface area is 405 Å². The number of benzene rings is 11. The molecular formula is C67H52N2. The Morgan fingerprint density at radius 3 is 1.38 bits per heavy atom. The van der Waals surface area contributed by atoms with E-state index < -0.39 is 5.41 Å². The van der Waals surface area contributed by atoms with Crippen LogP contribution in [0.5, 0.6) is 0 Å². The largest absolute Gasteiger partial charge is 0.310 e. The van der Waals surface area contributed by atoms with Crippen molar-refractivity contribution in [3.05, 3.63) is 262 Å². The van der Waals surface area contributed by atoms with E-state index in [9.17, 15) is 0 Å². The van der Waals surface area contributed by atoms with Crippen LogP contribution in [0.1, 0.15) is 55.6 Å². The smallest absolute Gasteiger partial charge is 0.0731 e. The maximum atomic E-state index is 2.56. The molecule has 1 spiro atoms. The molecule has 0 saturated carbocycles. The zero-order valence-electron chi connectivity index (χ0n) is 40.0. The van der Waals surface area contributed by atoms with Crippen LogP contribution in [0.3, 0.4) is 0 Å². The van der Waals surface area contributed by atoms with E-state index >= 15 is 0 Å². The maximum absolute atomic E-state index is 2.56. The highest BCUT2D eigenvalue weighted by molar-refractivity contribution is 6.21. The standard InChI is InChI=1S/C67H52N2/c1-41-31-42(2)34-51(33-41)68(63-25-15-7-17-45(63)5)49-28-27-47-38-59-62(39-48(47)37-49)67(60-23-13-11-20-54(60)55-21-12-14-24-61(55)67)66-57-30-29-50(40-58(57)53-19-9-10-22-56(53)65(59)66)69(64-26-16-8-18-46(64)6)52-35-43(3)32-44(4)36-52/h7-40H,1-6H3. The van der Waals surface area contributed by atoms with E-state index in [0.717, 1.165) is 11.4 Å². The van der Waals surface area contributed by atoms with Gasteiger partial charge in [0.15, 0.2) is 0 Å². The number of hydrogen-bond donors (Lipinski definition) is 0. The van der Waals surface area contributed by atoms with Gasteiger partial charge in [0.05, 0.1) is 5.41 Å². The molecule has 0 amide bonds. The van der Waals surface area contributed by atoms with Gasteiger partial charge in [0.1, 0.15) is 0 Å². The fourth-order valence-electron chi connectivity index (χ4n) is 12.5. The fourth-order valence-corrected chi connectivity index (χ4v) is 12.5. The highest BCUT2D eigenvalue weighted by Gasteiger charge is 2.53. The third-order valence-corrected chi connectivity index (χ3v) is 15.1. The Balaban J connectivity index is 1.12. The van der Waals surface area contributed by atoms with E-state index in [-0.39, 0.29) is 0 Å². The average molecular weight is 885 g/mol. The number of nitrogens with zero attached hydrogens (tertiary/aromatic N) is 2. The van der Waals surface area contributed by atoms with Crippen LogP contribution in [0.4, 0.5) is 34.1 Å². The molecule has 2 heteroatoms. The minimum absolute atomic E-state index is 0.571. The molecule has 0 N–H and O–H groups in total. The molecule has 0 atom stereocenters. The van der Waals surface area contributed by atoms with Gasteiger partial charge in [-0.2, -0.15) is 0 Å². The summed E-state index contributed by atoms with van der Waals surface area (Å²) in [5.41, 5.74) is 24.5. The van der Waals surface area contributed by atoms with Crippen molar-refractivity contribution in [2.75, 3.05) is 9.80 Å². The number of fused-ring (bicyclic) bond motifs is 16. The second-order valence-corrected chi connectivity index (χ2v) is 19.7. The van der Waals surface area contributed by atoms with E-state index in [0.29, 0.717) is 0 Å². The second kappa shape index (κ2) is 15.4. The van der Waals surface area contributed by atoms with Gasteiger partial charge < -0.3 is 9.80 Å². The van der Waals surface area contributed by atoms with Gasteiger partial charge in [-0.3, -0.25) is 0 Å². The van der Waals surface area contributed by atoms with Crippen molar-refractivity contribution < 1.29 is 0 Å². The molecule has 0 bridgehead atoms. The van der Waals surface area contributed by atoms with E-state index in [1.807, 2.05) is 0 Å². The zero-order chi connectivity index (χ0) is 46.7. The summed E-state index contributed by atoms with van der Waals surface area (Å²) in [6.07, 6.45) is 0. The summed E-state index contributed by atoms with van der Waals surface area (Å²) >= 11 is 0. The average Bonchev–Trinajstić information content (AvgIpc) is 3.81. The minimum Gasteiger partial charge on any atom is -0.310 e. The predicted molar refractivity (Wildman–Crippen MR) is 293 cm³/mol. The third-order valence-electron chi connectivity index (χ3n) is 15.1. The van der Waals surface area contributed by atoms with Crippen LogP contribution in [0.15, 0.2) is 206 Å².